The number of aromatic carboxylic acids is 1. The molecule has 0 spiro atoms. The number of carboxylic acids is 1. The van der Waals surface area contributed by atoms with Crippen molar-refractivity contribution in [3.05, 3.63) is 41.5 Å². The number of carboxylic acid groups (broad SMARTS) is 1. The van der Waals surface area contributed by atoms with Gasteiger partial charge in [-0.25, -0.2) is 14.2 Å². The number of rotatable bonds is 4. The Balaban J connectivity index is 2.28. The van der Waals surface area contributed by atoms with Crippen molar-refractivity contribution in [2.75, 3.05) is 12.4 Å². The van der Waals surface area contributed by atoms with Crippen LogP contribution in [0.25, 0.3) is 0 Å². The Kier molecular flexibility index (Phi) is 3.79. The van der Waals surface area contributed by atoms with Gasteiger partial charge < -0.3 is 15.2 Å². The van der Waals surface area contributed by atoms with E-state index in [4.69, 9.17) is 9.84 Å². The molecule has 0 bridgehead atoms. The number of hydrogen-bond acceptors (Lipinski definition) is 5. The van der Waals surface area contributed by atoms with Crippen LogP contribution in [-0.4, -0.2) is 28.2 Å². The predicted octanol–water partition coefficient (Wildman–Crippen LogP) is 2.37. The van der Waals surface area contributed by atoms with Crippen LogP contribution < -0.4 is 10.1 Å². The maximum Gasteiger partial charge on any atom is 0.338 e. The van der Waals surface area contributed by atoms with E-state index in [9.17, 15) is 9.18 Å². The molecule has 0 unspecified atom stereocenters. The fourth-order valence-electron chi connectivity index (χ4n) is 1.62. The van der Waals surface area contributed by atoms with Crippen LogP contribution >= 0.6 is 0 Å². The lowest BCUT2D eigenvalue weighted by molar-refractivity contribution is 0.0692. The van der Waals surface area contributed by atoms with Crippen molar-refractivity contribution in [1.29, 1.82) is 0 Å². The standard InChI is InChI=1S/C13H12FN3O3/c1-7-15-11(6-12(16-7)20-2)17-8-3-4-9(13(18)19)10(14)5-8/h3-6H,1-2H3,(H,18,19)(H,15,16,17). The van der Waals surface area contributed by atoms with Crippen molar-refractivity contribution in [1.82, 2.24) is 9.97 Å². The first-order chi connectivity index (χ1) is 9.49. The molecule has 7 heteroatoms. The highest BCUT2D eigenvalue weighted by atomic mass is 19.1. The zero-order chi connectivity index (χ0) is 14.7. The molecule has 0 fully saturated rings. The SMILES string of the molecule is COc1cc(Nc2ccc(C(=O)O)c(F)c2)nc(C)n1. The minimum absolute atomic E-state index is 0.377. The zero-order valence-corrected chi connectivity index (χ0v) is 10.8. The summed E-state index contributed by atoms with van der Waals surface area (Å²) in [4.78, 5) is 18.9. The van der Waals surface area contributed by atoms with E-state index >= 15 is 0 Å². The van der Waals surface area contributed by atoms with Gasteiger partial charge in [0.15, 0.2) is 0 Å². The Labute approximate surface area is 114 Å². The van der Waals surface area contributed by atoms with Crippen LogP contribution in [0.1, 0.15) is 16.2 Å². The molecule has 20 heavy (non-hydrogen) atoms. The molecule has 2 rings (SSSR count). The molecule has 0 amide bonds. The van der Waals surface area contributed by atoms with Crippen LogP contribution in [0.3, 0.4) is 0 Å². The number of carbonyl (C=O) groups is 1. The Morgan fingerprint density at radius 1 is 1.35 bits per heavy atom. The molecule has 1 aromatic heterocycles. The summed E-state index contributed by atoms with van der Waals surface area (Å²) in [5.41, 5.74) is -0.000322. The summed E-state index contributed by atoms with van der Waals surface area (Å²) in [5, 5.41) is 11.6. The molecule has 1 heterocycles. The van der Waals surface area contributed by atoms with Crippen LogP contribution in [0.2, 0.25) is 0 Å². The van der Waals surface area contributed by atoms with E-state index in [0.717, 1.165) is 6.07 Å². The lowest BCUT2D eigenvalue weighted by Gasteiger charge is -2.08. The van der Waals surface area contributed by atoms with Gasteiger partial charge in [-0.05, 0) is 25.1 Å². The van der Waals surface area contributed by atoms with Crippen molar-refractivity contribution in [2.24, 2.45) is 0 Å². The summed E-state index contributed by atoms with van der Waals surface area (Å²) in [5.74, 6) is -0.831. The molecular weight excluding hydrogens is 265 g/mol. The first kappa shape index (κ1) is 13.7. The lowest BCUT2D eigenvalue weighted by atomic mass is 10.2. The summed E-state index contributed by atoms with van der Waals surface area (Å²) < 4.78 is 18.6. The normalized spacial score (nSPS) is 10.2. The second-order valence-corrected chi connectivity index (χ2v) is 3.97. The number of benzene rings is 1. The van der Waals surface area contributed by atoms with Crippen molar-refractivity contribution < 1.29 is 19.0 Å². The van der Waals surface area contributed by atoms with Gasteiger partial charge in [0.05, 0.1) is 12.7 Å². The molecule has 1 aromatic carbocycles. The van der Waals surface area contributed by atoms with Gasteiger partial charge >= 0.3 is 5.97 Å². The number of nitrogens with zero attached hydrogens (tertiary/aromatic N) is 2. The topological polar surface area (TPSA) is 84.3 Å². The first-order valence-corrected chi connectivity index (χ1v) is 5.69. The van der Waals surface area contributed by atoms with Gasteiger partial charge in [-0.2, -0.15) is 4.98 Å². The molecule has 0 saturated heterocycles. The van der Waals surface area contributed by atoms with Crippen LogP contribution in [0, 0.1) is 12.7 Å². The molecule has 0 saturated carbocycles. The summed E-state index contributed by atoms with van der Waals surface area (Å²) in [7, 11) is 1.48. The van der Waals surface area contributed by atoms with E-state index in [1.807, 2.05) is 0 Å². The third kappa shape index (κ3) is 3.00. The summed E-state index contributed by atoms with van der Waals surface area (Å²) in [6.07, 6.45) is 0. The number of methoxy groups -OCH3 is 1. The molecule has 0 aliphatic heterocycles. The van der Waals surface area contributed by atoms with Gasteiger partial charge in [0.25, 0.3) is 0 Å². The van der Waals surface area contributed by atoms with Crippen LogP contribution in [0.5, 0.6) is 5.88 Å². The Bertz CT molecular complexity index is 661. The fraction of sp³-hybridized carbons (Fsp3) is 0.154. The minimum atomic E-state index is -1.31. The Hall–Kier alpha value is -2.70. The minimum Gasteiger partial charge on any atom is -0.481 e. The lowest BCUT2D eigenvalue weighted by Crippen LogP contribution is -2.03. The largest absolute Gasteiger partial charge is 0.481 e. The van der Waals surface area contributed by atoms with Crippen molar-refractivity contribution >= 4 is 17.5 Å². The van der Waals surface area contributed by atoms with Crippen molar-refractivity contribution in [2.45, 2.75) is 6.92 Å². The number of halogens is 1. The average molecular weight is 277 g/mol. The Morgan fingerprint density at radius 2 is 2.10 bits per heavy atom. The number of hydrogen-bond donors (Lipinski definition) is 2. The molecule has 104 valence electrons. The van der Waals surface area contributed by atoms with Gasteiger partial charge in [-0.1, -0.05) is 0 Å². The van der Waals surface area contributed by atoms with Gasteiger partial charge in [0, 0.05) is 11.8 Å². The average Bonchev–Trinajstić information content (AvgIpc) is 2.37. The third-order valence-corrected chi connectivity index (χ3v) is 2.50. The Morgan fingerprint density at radius 3 is 2.70 bits per heavy atom. The molecule has 2 aromatic rings. The van der Waals surface area contributed by atoms with Crippen molar-refractivity contribution in [3.8, 4) is 5.88 Å². The maximum atomic E-state index is 13.6. The molecule has 6 nitrogen and oxygen atoms in total. The van der Waals surface area contributed by atoms with Crippen molar-refractivity contribution in [3.63, 3.8) is 0 Å². The molecule has 2 N–H and O–H groups in total. The van der Waals surface area contributed by atoms with E-state index in [1.165, 1.54) is 19.2 Å². The first-order valence-electron chi connectivity index (χ1n) is 5.69. The predicted molar refractivity (Wildman–Crippen MR) is 70.0 cm³/mol. The number of aromatic nitrogens is 2. The zero-order valence-electron chi connectivity index (χ0n) is 10.8. The summed E-state index contributed by atoms with van der Waals surface area (Å²) >= 11 is 0. The van der Waals surface area contributed by atoms with Crippen LogP contribution in [-0.2, 0) is 0 Å². The third-order valence-electron chi connectivity index (χ3n) is 2.50. The highest BCUT2D eigenvalue weighted by Gasteiger charge is 2.11. The number of anilines is 2. The van der Waals surface area contributed by atoms with Gasteiger partial charge in [0.1, 0.15) is 17.5 Å². The molecule has 0 atom stereocenters. The molecule has 0 radical (unpaired) electrons. The quantitative estimate of drug-likeness (QED) is 0.892. The second kappa shape index (κ2) is 5.52. The van der Waals surface area contributed by atoms with Gasteiger partial charge in [-0.15, -0.1) is 0 Å². The number of aryl methyl sites for hydroxylation is 1. The van der Waals surface area contributed by atoms with E-state index in [2.05, 4.69) is 15.3 Å². The maximum absolute atomic E-state index is 13.6. The van der Waals surface area contributed by atoms with Crippen LogP contribution in [0.15, 0.2) is 24.3 Å². The monoisotopic (exact) mass is 277 g/mol. The van der Waals surface area contributed by atoms with Gasteiger partial charge in [0.2, 0.25) is 5.88 Å². The van der Waals surface area contributed by atoms with Crippen LogP contribution in [0.4, 0.5) is 15.9 Å². The number of ether oxygens (including phenoxy) is 1. The second-order valence-electron chi connectivity index (χ2n) is 3.97. The molecule has 0 aliphatic rings. The van der Waals surface area contributed by atoms with E-state index < -0.39 is 11.8 Å². The number of nitrogens with one attached hydrogen (secondary N) is 1. The highest BCUT2D eigenvalue weighted by Crippen LogP contribution is 2.20. The molecule has 0 aliphatic carbocycles. The molecular formula is C13H12FN3O3. The fourth-order valence-corrected chi connectivity index (χ4v) is 1.62. The summed E-state index contributed by atoms with van der Waals surface area (Å²) in [6.45, 7) is 1.70. The van der Waals surface area contributed by atoms with E-state index in [0.29, 0.717) is 23.2 Å². The summed E-state index contributed by atoms with van der Waals surface area (Å²) in [6, 6.07) is 5.28. The highest BCUT2D eigenvalue weighted by molar-refractivity contribution is 5.88. The van der Waals surface area contributed by atoms with Gasteiger partial charge in [-0.3, -0.25) is 0 Å². The van der Waals surface area contributed by atoms with E-state index in [-0.39, 0.29) is 5.56 Å². The van der Waals surface area contributed by atoms with E-state index in [1.54, 1.807) is 13.0 Å². The smallest absolute Gasteiger partial charge is 0.338 e.